The Labute approximate surface area is 98.9 Å². The van der Waals surface area contributed by atoms with Crippen LogP contribution >= 0.6 is 0 Å². The molecular weight excluding hydrogens is 202 g/mol. The van der Waals surface area contributed by atoms with E-state index in [1.165, 1.54) is 19.5 Å². The summed E-state index contributed by atoms with van der Waals surface area (Å²) in [6.07, 6.45) is 1.70. The summed E-state index contributed by atoms with van der Waals surface area (Å²) in [5, 5.41) is 3.36. The van der Waals surface area contributed by atoms with Crippen LogP contribution in [-0.2, 0) is 4.74 Å². The predicted octanol–water partition coefficient (Wildman–Crippen LogP) is 0.000800. The van der Waals surface area contributed by atoms with Crippen molar-refractivity contribution in [3.8, 4) is 0 Å². The monoisotopic (exact) mass is 227 g/mol. The van der Waals surface area contributed by atoms with Gasteiger partial charge in [0.15, 0.2) is 0 Å². The number of ether oxygens (including phenoxy) is 1. The number of likely N-dealkylation sites (tertiary alicyclic amines) is 1. The molecule has 0 bridgehead atoms. The lowest BCUT2D eigenvalue weighted by Gasteiger charge is -2.34. The molecule has 0 radical (unpaired) electrons. The number of likely N-dealkylation sites (N-methyl/N-ethyl adjacent to an activating group) is 2. The second-order valence-electron chi connectivity index (χ2n) is 4.92. The van der Waals surface area contributed by atoms with Gasteiger partial charge < -0.3 is 10.1 Å². The molecule has 2 aliphatic heterocycles. The van der Waals surface area contributed by atoms with E-state index in [0.29, 0.717) is 12.1 Å². The van der Waals surface area contributed by atoms with E-state index in [-0.39, 0.29) is 0 Å². The minimum Gasteiger partial charge on any atom is -0.374 e. The molecule has 0 aromatic carbocycles. The minimum atomic E-state index is 0.421. The third kappa shape index (κ3) is 3.17. The molecule has 0 aliphatic carbocycles. The maximum Gasteiger partial charge on any atom is 0.0829 e. The molecule has 16 heavy (non-hydrogen) atoms. The smallest absolute Gasteiger partial charge is 0.0829 e. The van der Waals surface area contributed by atoms with Crippen molar-refractivity contribution in [2.75, 3.05) is 52.9 Å². The number of hydrogen-bond acceptors (Lipinski definition) is 4. The minimum absolute atomic E-state index is 0.421. The van der Waals surface area contributed by atoms with E-state index in [2.05, 4.69) is 29.1 Å². The van der Waals surface area contributed by atoms with E-state index in [0.717, 1.165) is 32.8 Å². The van der Waals surface area contributed by atoms with Crippen LogP contribution in [0.25, 0.3) is 0 Å². The third-order valence-electron chi connectivity index (χ3n) is 3.81. The van der Waals surface area contributed by atoms with Crippen molar-refractivity contribution in [3.63, 3.8) is 0 Å². The Balaban J connectivity index is 1.73. The fourth-order valence-corrected chi connectivity index (χ4v) is 2.70. The SMILES string of the molecule is CCN1CCOC(CN2CCC(NC)C2)C1. The maximum atomic E-state index is 5.84. The van der Waals surface area contributed by atoms with E-state index < -0.39 is 0 Å². The second kappa shape index (κ2) is 5.96. The first-order valence-electron chi connectivity index (χ1n) is 6.55. The van der Waals surface area contributed by atoms with Crippen molar-refractivity contribution in [2.45, 2.75) is 25.5 Å². The lowest BCUT2D eigenvalue weighted by atomic mass is 10.2. The molecule has 2 rings (SSSR count). The maximum absolute atomic E-state index is 5.84. The summed E-state index contributed by atoms with van der Waals surface area (Å²) in [5.74, 6) is 0. The van der Waals surface area contributed by atoms with Gasteiger partial charge in [-0.15, -0.1) is 0 Å². The van der Waals surface area contributed by atoms with Crippen molar-refractivity contribution in [2.24, 2.45) is 0 Å². The summed E-state index contributed by atoms with van der Waals surface area (Å²) in [4.78, 5) is 5.02. The highest BCUT2D eigenvalue weighted by atomic mass is 16.5. The van der Waals surface area contributed by atoms with Gasteiger partial charge in [0.1, 0.15) is 0 Å². The summed E-state index contributed by atoms with van der Waals surface area (Å²) >= 11 is 0. The van der Waals surface area contributed by atoms with Crippen LogP contribution in [0.2, 0.25) is 0 Å². The molecule has 94 valence electrons. The van der Waals surface area contributed by atoms with Crippen LogP contribution in [0.3, 0.4) is 0 Å². The average molecular weight is 227 g/mol. The van der Waals surface area contributed by atoms with Gasteiger partial charge in [-0.3, -0.25) is 9.80 Å². The molecule has 0 aromatic rings. The first-order valence-corrected chi connectivity index (χ1v) is 6.55. The highest BCUT2D eigenvalue weighted by Gasteiger charge is 2.26. The number of nitrogens with one attached hydrogen (secondary N) is 1. The number of morpholine rings is 1. The molecule has 0 spiro atoms. The molecule has 0 amide bonds. The molecular formula is C12H25N3O. The van der Waals surface area contributed by atoms with Crippen LogP contribution in [0, 0.1) is 0 Å². The highest BCUT2D eigenvalue weighted by Crippen LogP contribution is 2.12. The Hall–Kier alpha value is -0.160. The van der Waals surface area contributed by atoms with Gasteiger partial charge >= 0.3 is 0 Å². The quantitative estimate of drug-likeness (QED) is 0.732. The molecule has 4 nitrogen and oxygen atoms in total. The van der Waals surface area contributed by atoms with Gasteiger partial charge in [0, 0.05) is 32.2 Å². The molecule has 0 aromatic heterocycles. The molecule has 2 aliphatic rings. The van der Waals surface area contributed by atoms with E-state index in [1.807, 2.05) is 0 Å². The van der Waals surface area contributed by atoms with E-state index in [1.54, 1.807) is 0 Å². The van der Waals surface area contributed by atoms with Gasteiger partial charge in [0.2, 0.25) is 0 Å². The summed E-state index contributed by atoms with van der Waals surface area (Å²) in [6.45, 7) is 10.0. The van der Waals surface area contributed by atoms with Crippen LogP contribution in [-0.4, -0.2) is 74.9 Å². The first kappa shape index (κ1) is 12.3. The molecule has 2 atom stereocenters. The predicted molar refractivity (Wildman–Crippen MR) is 65.8 cm³/mol. The van der Waals surface area contributed by atoms with Gasteiger partial charge in [-0.05, 0) is 26.6 Å². The fraction of sp³-hybridized carbons (Fsp3) is 1.00. The van der Waals surface area contributed by atoms with Crippen LogP contribution in [0.1, 0.15) is 13.3 Å². The van der Waals surface area contributed by atoms with Crippen molar-refractivity contribution >= 4 is 0 Å². The number of rotatable bonds is 4. The Bertz CT molecular complexity index is 212. The molecule has 0 saturated carbocycles. The van der Waals surface area contributed by atoms with Gasteiger partial charge in [-0.2, -0.15) is 0 Å². The van der Waals surface area contributed by atoms with Gasteiger partial charge in [0.05, 0.1) is 12.7 Å². The van der Waals surface area contributed by atoms with Gasteiger partial charge in [-0.25, -0.2) is 0 Å². The zero-order chi connectivity index (χ0) is 11.4. The average Bonchev–Trinajstić information content (AvgIpc) is 2.77. The van der Waals surface area contributed by atoms with E-state index in [4.69, 9.17) is 4.74 Å². The standard InChI is InChI=1S/C12H25N3O/c1-3-14-6-7-16-12(9-14)10-15-5-4-11(8-15)13-2/h11-13H,3-10H2,1-2H3. The van der Waals surface area contributed by atoms with Crippen molar-refractivity contribution in [1.29, 1.82) is 0 Å². The highest BCUT2D eigenvalue weighted by molar-refractivity contribution is 4.83. The lowest BCUT2D eigenvalue weighted by molar-refractivity contribution is -0.0393. The summed E-state index contributed by atoms with van der Waals surface area (Å²) < 4.78 is 5.84. The van der Waals surface area contributed by atoms with Crippen LogP contribution < -0.4 is 5.32 Å². The third-order valence-corrected chi connectivity index (χ3v) is 3.81. The zero-order valence-corrected chi connectivity index (χ0v) is 10.6. The Kier molecular flexibility index (Phi) is 4.58. The summed E-state index contributed by atoms with van der Waals surface area (Å²) in [5.41, 5.74) is 0. The lowest BCUT2D eigenvalue weighted by Crippen LogP contribution is -2.47. The zero-order valence-electron chi connectivity index (χ0n) is 10.6. The largest absolute Gasteiger partial charge is 0.374 e. The molecule has 1 N–H and O–H groups in total. The molecule has 2 unspecified atom stereocenters. The van der Waals surface area contributed by atoms with Crippen LogP contribution in [0.4, 0.5) is 0 Å². The van der Waals surface area contributed by atoms with Crippen LogP contribution in [0.5, 0.6) is 0 Å². The molecule has 4 heteroatoms. The number of nitrogens with zero attached hydrogens (tertiary/aromatic N) is 2. The van der Waals surface area contributed by atoms with E-state index in [9.17, 15) is 0 Å². The van der Waals surface area contributed by atoms with E-state index >= 15 is 0 Å². The first-order chi connectivity index (χ1) is 7.81. The summed E-state index contributed by atoms with van der Waals surface area (Å²) in [7, 11) is 2.06. The fourth-order valence-electron chi connectivity index (χ4n) is 2.70. The molecule has 2 saturated heterocycles. The van der Waals surface area contributed by atoms with Crippen LogP contribution in [0.15, 0.2) is 0 Å². The van der Waals surface area contributed by atoms with Gasteiger partial charge in [0.25, 0.3) is 0 Å². The van der Waals surface area contributed by atoms with Gasteiger partial charge in [-0.1, -0.05) is 6.92 Å². The second-order valence-corrected chi connectivity index (χ2v) is 4.92. The topological polar surface area (TPSA) is 27.7 Å². The van der Waals surface area contributed by atoms with Crippen molar-refractivity contribution in [1.82, 2.24) is 15.1 Å². The van der Waals surface area contributed by atoms with Crippen molar-refractivity contribution in [3.05, 3.63) is 0 Å². The summed E-state index contributed by atoms with van der Waals surface area (Å²) in [6, 6.07) is 0.686. The molecule has 2 fully saturated rings. The Morgan fingerprint density at radius 3 is 2.81 bits per heavy atom. The Morgan fingerprint density at radius 2 is 2.12 bits per heavy atom. The normalized spacial score (nSPS) is 33.4. The van der Waals surface area contributed by atoms with Crippen molar-refractivity contribution < 1.29 is 4.74 Å². The molecule has 2 heterocycles. The number of hydrogen-bond donors (Lipinski definition) is 1. The Morgan fingerprint density at radius 1 is 1.25 bits per heavy atom.